The Morgan fingerprint density at radius 3 is 2.50 bits per heavy atom. The fourth-order valence-corrected chi connectivity index (χ4v) is 2.12. The van der Waals surface area contributed by atoms with Crippen molar-refractivity contribution in [1.82, 2.24) is 5.16 Å². The van der Waals surface area contributed by atoms with E-state index in [2.05, 4.69) is 26.4 Å². The van der Waals surface area contributed by atoms with Crippen LogP contribution in [-0.2, 0) is 0 Å². The number of methoxy groups -OCH3 is 2. The third-order valence-corrected chi connectivity index (χ3v) is 3.19. The van der Waals surface area contributed by atoms with Crippen molar-refractivity contribution < 1.29 is 18.8 Å². The van der Waals surface area contributed by atoms with Crippen LogP contribution in [0.2, 0.25) is 0 Å². The monoisotopic (exact) mass is 340 g/mol. The summed E-state index contributed by atoms with van der Waals surface area (Å²) in [4.78, 5) is 12.0. The Bertz CT molecular complexity index is 639. The molecule has 2 rings (SSSR count). The molecule has 2 aromatic rings. The van der Waals surface area contributed by atoms with Gasteiger partial charge < -0.3 is 19.3 Å². The van der Waals surface area contributed by atoms with E-state index < -0.39 is 5.91 Å². The number of rotatable bonds is 4. The second-order valence-corrected chi connectivity index (χ2v) is 4.83. The first kappa shape index (κ1) is 14.4. The molecule has 0 fully saturated rings. The van der Waals surface area contributed by atoms with Crippen LogP contribution in [0.25, 0.3) is 0 Å². The molecule has 20 heavy (non-hydrogen) atoms. The van der Waals surface area contributed by atoms with Gasteiger partial charge in [0.1, 0.15) is 11.5 Å². The molecule has 0 radical (unpaired) electrons. The smallest absolute Gasteiger partial charge is 0.294 e. The number of nitrogens with one attached hydrogen (secondary N) is 1. The van der Waals surface area contributed by atoms with Gasteiger partial charge in [0.25, 0.3) is 5.91 Å². The van der Waals surface area contributed by atoms with Crippen LogP contribution < -0.4 is 14.8 Å². The second kappa shape index (κ2) is 5.96. The highest BCUT2D eigenvalue weighted by atomic mass is 79.9. The van der Waals surface area contributed by atoms with Gasteiger partial charge in [0.2, 0.25) is 5.76 Å². The van der Waals surface area contributed by atoms with Gasteiger partial charge in [-0.1, -0.05) is 5.16 Å². The summed E-state index contributed by atoms with van der Waals surface area (Å²) in [6.07, 6.45) is 0. The molecule has 1 aromatic heterocycles. The number of aryl methyl sites for hydroxylation is 1. The van der Waals surface area contributed by atoms with E-state index in [1.807, 2.05) is 0 Å². The Morgan fingerprint density at radius 1 is 1.25 bits per heavy atom. The molecule has 1 N–H and O–H groups in total. The lowest BCUT2D eigenvalue weighted by atomic mass is 10.2. The molecular weight excluding hydrogens is 328 g/mol. The minimum atomic E-state index is -0.402. The highest BCUT2D eigenvalue weighted by Crippen LogP contribution is 2.36. The van der Waals surface area contributed by atoms with Crippen LogP contribution in [0.4, 0.5) is 5.69 Å². The third-order valence-electron chi connectivity index (χ3n) is 2.57. The van der Waals surface area contributed by atoms with E-state index in [4.69, 9.17) is 14.0 Å². The highest BCUT2D eigenvalue weighted by Gasteiger charge is 2.16. The van der Waals surface area contributed by atoms with Crippen molar-refractivity contribution in [1.29, 1.82) is 0 Å². The van der Waals surface area contributed by atoms with Gasteiger partial charge >= 0.3 is 0 Å². The van der Waals surface area contributed by atoms with E-state index in [1.54, 1.807) is 32.2 Å². The predicted octanol–water partition coefficient (Wildman–Crippen LogP) is 3.02. The fraction of sp³-hybridized carbons (Fsp3) is 0.231. The summed E-state index contributed by atoms with van der Waals surface area (Å²) in [5.41, 5.74) is 1.14. The summed E-state index contributed by atoms with van der Waals surface area (Å²) in [6, 6.07) is 4.92. The first-order valence-corrected chi connectivity index (χ1v) is 6.50. The highest BCUT2D eigenvalue weighted by molar-refractivity contribution is 9.10. The van der Waals surface area contributed by atoms with Gasteiger partial charge in [0.15, 0.2) is 0 Å². The molecule has 0 bridgehead atoms. The number of nitrogens with zero attached hydrogens (tertiary/aromatic N) is 1. The molecule has 0 saturated carbocycles. The maximum Gasteiger partial charge on any atom is 0.294 e. The molecule has 0 aliphatic heterocycles. The number of hydrogen-bond acceptors (Lipinski definition) is 5. The molecule has 0 aliphatic carbocycles. The van der Waals surface area contributed by atoms with Gasteiger partial charge in [0, 0.05) is 12.1 Å². The Kier molecular flexibility index (Phi) is 4.29. The lowest BCUT2D eigenvalue weighted by molar-refractivity contribution is 0.0987. The van der Waals surface area contributed by atoms with Gasteiger partial charge in [0.05, 0.1) is 30.1 Å². The predicted molar refractivity (Wildman–Crippen MR) is 76.4 cm³/mol. The molecule has 6 nitrogen and oxygen atoms in total. The van der Waals surface area contributed by atoms with Crippen molar-refractivity contribution in [2.24, 2.45) is 0 Å². The molecular formula is C13H13BrN2O4. The normalized spacial score (nSPS) is 10.2. The largest absolute Gasteiger partial charge is 0.495 e. The van der Waals surface area contributed by atoms with Gasteiger partial charge in [-0.3, -0.25) is 4.79 Å². The second-order valence-electron chi connectivity index (χ2n) is 3.97. The lowest BCUT2D eigenvalue weighted by Gasteiger charge is -2.12. The lowest BCUT2D eigenvalue weighted by Crippen LogP contribution is -2.12. The number of carbonyl (C=O) groups is 1. The SMILES string of the molecule is COc1cc(OC)c(NC(=O)c2cc(C)no2)cc1Br. The number of ether oxygens (including phenoxy) is 2. The number of amides is 1. The molecule has 0 spiro atoms. The molecule has 0 unspecified atom stereocenters. The molecule has 0 atom stereocenters. The molecule has 7 heteroatoms. The van der Waals surface area contributed by atoms with Crippen molar-refractivity contribution in [3.8, 4) is 11.5 Å². The van der Waals surface area contributed by atoms with E-state index >= 15 is 0 Å². The topological polar surface area (TPSA) is 73.6 Å². The van der Waals surface area contributed by atoms with Crippen molar-refractivity contribution >= 4 is 27.5 Å². The van der Waals surface area contributed by atoms with Crippen LogP contribution in [0.5, 0.6) is 11.5 Å². The minimum absolute atomic E-state index is 0.136. The Balaban J connectivity index is 2.28. The average molecular weight is 341 g/mol. The van der Waals surface area contributed by atoms with Crippen molar-refractivity contribution in [2.75, 3.05) is 19.5 Å². The zero-order valence-corrected chi connectivity index (χ0v) is 12.8. The Labute approximate surface area is 124 Å². The number of anilines is 1. The standard InChI is InChI=1S/C13H13BrN2O4/c1-7-4-12(20-16-7)13(17)15-9-5-8(14)10(18-2)6-11(9)19-3/h4-6H,1-3H3,(H,15,17). The van der Waals surface area contributed by atoms with Crippen LogP contribution in [0.1, 0.15) is 16.2 Å². The molecule has 0 saturated heterocycles. The van der Waals surface area contributed by atoms with E-state index in [9.17, 15) is 4.79 Å². The third kappa shape index (κ3) is 2.93. The van der Waals surface area contributed by atoms with Crippen molar-refractivity contribution in [2.45, 2.75) is 6.92 Å². The van der Waals surface area contributed by atoms with Crippen LogP contribution in [0, 0.1) is 6.92 Å². The van der Waals surface area contributed by atoms with Gasteiger partial charge in [-0.05, 0) is 28.9 Å². The maximum absolute atomic E-state index is 12.0. The molecule has 1 heterocycles. The average Bonchev–Trinajstić information content (AvgIpc) is 2.86. The number of hydrogen-bond donors (Lipinski definition) is 1. The van der Waals surface area contributed by atoms with Crippen LogP contribution in [-0.4, -0.2) is 25.3 Å². The van der Waals surface area contributed by atoms with E-state index in [0.29, 0.717) is 27.4 Å². The molecule has 106 valence electrons. The van der Waals surface area contributed by atoms with Crippen molar-refractivity contribution in [3.63, 3.8) is 0 Å². The summed E-state index contributed by atoms with van der Waals surface area (Å²) in [7, 11) is 3.06. The van der Waals surface area contributed by atoms with Crippen LogP contribution in [0.15, 0.2) is 27.2 Å². The summed E-state index contributed by atoms with van der Waals surface area (Å²) in [5.74, 6) is 0.822. The summed E-state index contributed by atoms with van der Waals surface area (Å²) < 4.78 is 16.0. The molecule has 1 amide bonds. The summed E-state index contributed by atoms with van der Waals surface area (Å²) in [6.45, 7) is 1.74. The van der Waals surface area contributed by atoms with Gasteiger partial charge in [-0.2, -0.15) is 0 Å². The minimum Gasteiger partial charge on any atom is -0.495 e. The van der Waals surface area contributed by atoms with E-state index in [0.717, 1.165) is 0 Å². The Hall–Kier alpha value is -2.02. The fourth-order valence-electron chi connectivity index (χ4n) is 1.61. The Morgan fingerprint density at radius 2 is 1.95 bits per heavy atom. The first-order valence-electron chi connectivity index (χ1n) is 5.71. The number of aromatic nitrogens is 1. The van der Waals surface area contributed by atoms with Gasteiger partial charge in [-0.15, -0.1) is 0 Å². The zero-order chi connectivity index (χ0) is 14.7. The van der Waals surface area contributed by atoms with Gasteiger partial charge in [-0.25, -0.2) is 0 Å². The van der Waals surface area contributed by atoms with E-state index in [1.165, 1.54) is 7.11 Å². The zero-order valence-electron chi connectivity index (χ0n) is 11.2. The number of halogens is 1. The number of benzene rings is 1. The maximum atomic E-state index is 12.0. The quantitative estimate of drug-likeness (QED) is 0.925. The summed E-state index contributed by atoms with van der Waals surface area (Å²) >= 11 is 3.35. The van der Waals surface area contributed by atoms with Crippen LogP contribution in [0.3, 0.4) is 0 Å². The molecule has 1 aromatic carbocycles. The van der Waals surface area contributed by atoms with Crippen LogP contribution >= 0.6 is 15.9 Å². The van der Waals surface area contributed by atoms with E-state index in [-0.39, 0.29) is 5.76 Å². The van der Waals surface area contributed by atoms with Crippen molar-refractivity contribution in [3.05, 3.63) is 34.1 Å². The first-order chi connectivity index (χ1) is 9.55. The molecule has 0 aliphatic rings. The number of carbonyl (C=O) groups excluding carboxylic acids is 1. The summed E-state index contributed by atoms with van der Waals surface area (Å²) in [5, 5.41) is 6.37.